The van der Waals surface area contributed by atoms with E-state index in [0.29, 0.717) is 10.6 Å². The monoisotopic (exact) mass is 334 g/mol. The van der Waals surface area contributed by atoms with Gasteiger partial charge in [0, 0.05) is 0 Å². The topological polar surface area (TPSA) is 67.8 Å². The van der Waals surface area contributed by atoms with Gasteiger partial charge in [-0.15, -0.1) is 0 Å². The van der Waals surface area contributed by atoms with Crippen molar-refractivity contribution in [3.63, 3.8) is 0 Å². The first-order valence-electron chi connectivity index (χ1n) is 7.66. The molecule has 0 aliphatic carbocycles. The van der Waals surface area contributed by atoms with E-state index in [-0.39, 0.29) is 11.6 Å². The van der Waals surface area contributed by atoms with Crippen LogP contribution in [0.3, 0.4) is 0 Å². The van der Waals surface area contributed by atoms with Crippen LogP contribution < -0.4 is 5.32 Å². The highest BCUT2D eigenvalue weighted by molar-refractivity contribution is 7.22. The van der Waals surface area contributed by atoms with Crippen molar-refractivity contribution in [1.29, 1.82) is 0 Å². The smallest absolute Gasteiger partial charge is 0.277 e. The molecule has 0 radical (unpaired) electrons. The minimum Gasteiger partial charge on any atom is -0.296 e. The van der Waals surface area contributed by atoms with Crippen molar-refractivity contribution in [2.24, 2.45) is 0 Å². The van der Waals surface area contributed by atoms with Crippen molar-refractivity contribution in [1.82, 2.24) is 15.0 Å². The molecule has 0 aliphatic heterocycles. The molecular formula is C18H14N4OS. The fourth-order valence-corrected chi connectivity index (χ4v) is 3.48. The SMILES string of the molecule is CCc1cccc2sc(NC(=O)c3cnc4ccccc4n3)nc12. The molecule has 6 heteroatoms. The first kappa shape index (κ1) is 14.7. The first-order chi connectivity index (χ1) is 11.7. The van der Waals surface area contributed by atoms with E-state index in [0.717, 1.165) is 22.2 Å². The molecule has 4 aromatic rings. The lowest BCUT2D eigenvalue weighted by Crippen LogP contribution is -2.14. The zero-order valence-corrected chi connectivity index (χ0v) is 13.8. The number of hydrogen-bond donors (Lipinski definition) is 1. The maximum atomic E-state index is 12.4. The Kier molecular flexibility index (Phi) is 3.66. The number of thiazole rings is 1. The highest BCUT2D eigenvalue weighted by Gasteiger charge is 2.13. The van der Waals surface area contributed by atoms with Crippen LogP contribution in [0.4, 0.5) is 5.13 Å². The van der Waals surface area contributed by atoms with Crippen LogP contribution in [-0.4, -0.2) is 20.9 Å². The summed E-state index contributed by atoms with van der Waals surface area (Å²) in [6.07, 6.45) is 2.40. The van der Waals surface area contributed by atoms with Crippen LogP contribution in [0, 0.1) is 0 Å². The van der Waals surface area contributed by atoms with E-state index in [1.807, 2.05) is 36.4 Å². The molecular weight excluding hydrogens is 320 g/mol. The summed E-state index contributed by atoms with van der Waals surface area (Å²) in [5.41, 5.74) is 3.87. The average Bonchev–Trinajstić information content (AvgIpc) is 3.03. The molecule has 0 saturated heterocycles. The van der Waals surface area contributed by atoms with Gasteiger partial charge in [-0.3, -0.25) is 15.1 Å². The van der Waals surface area contributed by atoms with Gasteiger partial charge < -0.3 is 0 Å². The Hall–Kier alpha value is -2.86. The summed E-state index contributed by atoms with van der Waals surface area (Å²) in [6, 6.07) is 13.6. The third-order valence-electron chi connectivity index (χ3n) is 3.79. The summed E-state index contributed by atoms with van der Waals surface area (Å²) >= 11 is 1.46. The number of amides is 1. The van der Waals surface area contributed by atoms with Gasteiger partial charge >= 0.3 is 0 Å². The molecule has 24 heavy (non-hydrogen) atoms. The number of rotatable bonds is 3. The average molecular weight is 334 g/mol. The Labute approximate surface area is 142 Å². The second kappa shape index (κ2) is 5.98. The molecule has 0 bridgehead atoms. The summed E-state index contributed by atoms with van der Waals surface area (Å²) < 4.78 is 1.06. The molecule has 4 rings (SSSR count). The van der Waals surface area contributed by atoms with Gasteiger partial charge in [0.25, 0.3) is 5.91 Å². The number of benzene rings is 2. The summed E-state index contributed by atoms with van der Waals surface area (Å²) in [4.78, 5) is 25.6. The number of nitrogens with zero attached hydrogens (tertiary/aromatic N) is 3. The van der Waals surface area contributed by atoms with E-state index in [1.54, 1.807) is 0 Å². The molecule has 2 heterocycles. The van der Waals surface area contributed by atoms with Gasteiger partial charge in [0.05, 0.1) is 27.4 Å². The lowest BCUT2D eigenvalue weighted by Gasteiger charge is -2.02. The van der Waals surface area contributed by atoms with Gasteiger partial charge in [-0.25, -0.2) is 9.97 Å². The molecule has 5 nitrogen and oxygen atoms in total. The van der Waals surface area contributed by atoms with E-state index in [4.69, 9.17) is 0 Å². The van der Waals surface area contributed by atoms with Crippen molar-refractivity contribution < 1.29 is 4.79 Å². The fourth-order valence-electron chi connectivity index (χ4n) is 2.57. The van der Waals surface area contributed by atoms with E-state index < -0.39 is 0 Å². The Balaban J connectivity index is 1.65. The van der Waals surface area contributed by atoms with E-state index in [1.165, 1.54) is 23.1 Å². The quantitative estimate of drug-likeness (QED) is 0.613. The predicted molar refractivity (Wildman–Crippen MR) is 96.5 cm³/mol. The van der Waals surface area contributed by atoms with Gasteiger partial charge in [0.1, 0.15) is 5.69 Å². The van der Waals surface area contributed by atoms with Crippen LogP contribution in [0.15, 0.2) is 48.7 Å². The van der Waals surface area contributed by atoms with Crippen molar-refractivity contribution >= 4 is 43.6 Å². The Morgan fingerprint density at radius 2 is 1.92 bits per heavy atom. The van der Waals surface area contributed by atoms with E-state index >= 15 is 0 Å². The molecule has 0 aliphatic rings. The molecule has 118 valence electrons. The number of fused-ring (bicyclic) bond motifs is 2. The molecule has 0 atom stereocenters. The van der Waals surface area contributed by atoms with Crippen LogP contribution in [0.1, 0.15) is 23.0 Å². The highest BCUT2D eigenvalue weighted by Crippen LogP contribution is 2.28. The van der Waals surface area contributed by atoms with Crippen LogP contribution in [0.25, 0.3) is 21.3 Å². The molecule has 1 N–H and O–H groups in total. The van der Waals surface area contributed by atoms with Gasteiger partial charge in [-0.1, -0.05) is 42.5 Å². The molecule has 2 aromatic carbocycles. The van der Waals surface area contributed by atoms with Crippen LogP contribution >= 0.6 is 11.3 Å². The molecule has 0 unspecified atom stereocenters. The third-order valence-corrected chi connectivity index (χ3v) is 4.72. The number of hydrogen-bond acceptors (Lipinski definition) is 5. The van der Waals surface area contributed by atoms with E-state index in [9.17, 15) is 4.79 Å². The van der Waals surface area contributed by atoms with Crippen LogP contribution in [0.2, 0.25) is 0 Å². The summed E-state index contributed by atoms with van der Waals surface area (Å²) in [5.74, 6) is -0.301. The third kappa shape index (κ3) is 2.61. The van der Waals surface area contributed by atoms with Crippen LogP contribution in [0.5, 0.6) is 0 Å². The van der Waals surface area contributed by atoms with Gasteiger partial charge in [-0.2, -0.15) is 0 Å². The number of aryl methyl sites for hydroxylation is 1. The van der Waals surface area contributed by atoms with Gasteiger partial charge in [0.15, 0.2) is 5.13 Å². The zero-order chi connectivity index (χ0) is 16.5. The second-order valence-corrected chi connectivity index (χ2v) is 6.37. The molecule has 1 amide bonds. The number of carbonyl (C=O) groups is 1. The fraction of sp³-hybridized carbons (Fsp3) is 0.111. The summed E-state index contributed by atoms with van der Waals surface area (Å²) in [7, 11) is 0. The van der Waals surface area contributed by atoms with Crippen LogP contribution in [-0.2, 0) is 6.42 Å². The zero-order valence-electron chi connectivity index (χ0n) is 13.0. The lowest BCUT2D eigenvalue weighted by molar-refractivity contribution is 0.102. The maximum absolute atomic E-state index is 12.4. The number of para-hydroxylation sites is 3. The molecule has 0 saturated carbocycles. The summed E-state index contributed by atoms with van der Waals surface area (Å²) in [5, 5.41) is 3.40. The number of anilines is 1. The van der Waals surface area contributed by atoms with Crippen molar-refractivity contribution in [2.75, 3.05) is 5.32 Å². The highest BCUT2D eigenvalue weighted by atomic mass is 32.1. The number of nitrogens with one attached hydrogen (secondary N) is 1. The minimum atomic E-state index is -0.301. The molecule has 0 fully saturated rings. The van der Waals surface area contributed by atoms with Crippen molar-refractivity contribution in [3.8, 4) is 0 Å². The first-order valence-corrected chi connectivity index (χ1v) is 8.48. The number of aromatic nitrogens is 3. The standard InChI is InChI=1S/C18H14N4OS/c1-2-11-6-5-9-15-16(11)21-18(24-15)22-17(23)14-10-19-12-7-3-4-8-13(12)20-14/h3-10H,2H2,1H3,(H,21,22,23). The summed E-state index contributed by atoms with van der Waals surface area (Å²) in [6.45, 7) is 2.09. The maximum Gasteiger partial charge on any atom is 0.277 e. The Morgan fingerprint density at radius 1 is 1.08 bits per heavy atom. The van der Waals surface area contributed by atoms with E-state index in [2.05, 4.69) is 33.3 Å². The lowest BCUT2D eigenvalue weighted by atomic mass is 10.1. The minimum absolute atomic E-state index is 0.281. The Bertz CT molecular complexity index is 1060. The van der Waals surface area contributed by atoms with Gasteiger partial charge in [0.2, 0.25) is 0 Å². The van der Waals surface area contributed by atoms with Crippen molar-refractivity contribution in [3.05, 3.63) is 59.9 Å². The van der Waals surface area contributed by atoms with Gasteiger partial charge in [-0.05, 0) is 30.2 Å². The van der Waals surface area contributed by atoms with Crippen molar-refractivity contribution in [2.45, 2.75) is 13.3 Å². The molecule has 2 aromatic heterocycles. The second-order valence-electron chi connectivity index (χ2n) is 5.33. The molecule has 0 spiro atoms. The normalized spacial score (nSPS) is 11.0. The number of carbonyl (C=O) groups excluding carboxylic acids is 1. The Morgan fingerprint density at radius 3 is 2.75 bits per heavy atom. The largest absolute Gasteiger partial charge is 0.296 e. The predicted octanol–water partition coefficient (Wildman–Crippen LogP) is 4.05.